The highest BCUT2D eigenvalue weighted by Gasteiger charge is 2.23. The monoisotopic (exact) mass is 310 g/mol. The number of ether oxygens (including phenoxy) is 1. The number of carbonyl (C=O) groups excluding carboxylic acids is 2. The fourth-order valence-corrected chi connectivity index (χ4v) is 2.62. The van der Waals surface area contributed by atoms with E-state index >= 15 is 0 Å². The van der Waals surface area contributed by atoms with E-state index in [9.17, 15) is 9.59 Å². The van der Waals surface area contributed by atoms with Crippen LogP contribution in [0.25, 0.3) is 0 Å². The van der Waals surface area contributed by atoms with Gasteiger partial charge in [0.15, 0.2) is 0 Å². The van der Waals surface area contributed by atoms with Gasteiger partial charge in [-0.15, -0.1) is 0 Å². The topological polar surface area (TPSA) is 67.4 Å². The summed E-state index contributed by atoms with van der Waals surface area (Å²) in [4.78, 5) is 23.2. The van der Waals surface area contributed by atoms with Crippen molar-refractivity contribution in [3.05, 3.63) is 59.7 Å². The zero-order chi connectivity index (χ0) is 16.2. The first kappa shape index (κ1) is 15.1. The molecule has 2 amide bonds. The van der Waals surface area contributed by atoms with Crippen LogP contribution in [0.15, 0.2) is 48.5 Å². The van der Waals surface area contributed by atoms with Crippen LogP contribution in [-0.2, 0) is 4.79 Å². The highest BCUT2D eigenvalue weighted by atomic mass is 16.5. The van der Waals surface area contributed by atoms with Crippen LogP contribution < -0.4 is 15.4 Å². The molecular weight excluding hydrogens is 292 g/mol. The summed E-state index contributed by atoms with van der Waals surface area (Å²) in [5, 5.41) is 5.61. The summed E-state index contributed by atoms with van der Waals surface area (Å²) in [6.45, 7) is 2.56. The van der Waals surface area contributed by atoms with Crippen LogP contribution in [0.1, 0.15) is 28.8 Å². The van der Waals surface area contributed by atoms with Gasteiger partial charge in [-0.25, -0.2) is 0 Å². The van der Waals surface area contributed by atoms with Gasteiger partial charge in [0.2, 0.25) is 5.91 Å². The summed E-state index contributed by atoms with van der Waals surface area (Å²) < 4.78 is 5.61. The number of benzene rings is 2. The molecule has 1 atom stereocenters. The Labute approximate surface area is 134 Å². The molecule has 2 aromatic rings. The fraction of sp³-hybridized carbons (Fsp3) is 0.222. The third-order valence-electron chi connectivity index (χ3n) is 3.78. The number of nitrogens with one attached hydrogen (secondary N) is 2. The van der Waals surface area contributed by atoms with Gasteiger partial charge in [-0.05, 0) is 30.3 Å². The summed E-state index contributed by atoms with van der Waals surface area (Å²) in [6, 6.07) is 14.7. The summed E-state index contributed by atoms with van der Waals surface area (Å²) in [7, 11) is 0. The van der Waals surface area contributed by atoms with Crippen molar-refractivity contribution in [3.63, 3.8) is 0 Å². The van der Waals surface area contributed by atoms with E-state index in [0.29, 0.717) is 24.4 Å². The van der Waals surface area contributed by atoms with E-state index in [1.54, 1.807) is 24.3 Å². The van der Waals surface area contributed by atoms with E-state index in [2.05, 4.69) is 10.6 Å². The molecule has 5 nitrogen and oxygen atoms in total. The molecule has 118 valence electrons. The second-order valence-corrected chi connectivity index (χ2v) is 5.51. The van der Waals surface area contributed by atoms with Crippen molar-refractivity contribution in [1.82, 2.24) is 5.32 Å². The van der Waals surface area contributed by atoms with Gasteiger partial charge in [-0.2, -0.15) is 0 Å². The zero-order valence-electron chi connectivity index (χ0n) is 12.8. The van der Waals surface area contributed by atoms with Gasteiger partial charge >= 0.3 is 0 Å². The second kappa shape index (κ2) is 6.52. The molecule has 0 radical (unpaired) electrons. The molecule has 0 saturated heterocycles. The lowest BCUT2D eigenvalue weighted by Crippen LogP contribution is -2.29. The Morgan fingerprint density at radius 2 is 1.87 bits per heavy atom. The maximum Gasteiger partial charge on any atom is 0.251 e. The first-order valence-electron chi connectivity index (χ1n) is 7.51. The molecule has 2 aromatic carbocycles. The van der Waals surface area contributed by atoms with Gasteiger partial charge in [0, 0.05) is 36.2 Å². The number of amides is 2. The van der Waals surface area contributed by atoms with Crippen LogP contribution in [0.2, 0.25) is 0 Å². The van der Waals surface area contributed by atoms with E-state index in [0.717, 1.165) is 11.3 Å². The summed E-state index contributed by atoms with van der Waals surface area (Å²) >= 11 is 0. The van der Waals surface area contributed by atoms with Crippen molar-refractivity contribution in [2.45, 2.75) is 12.8 Å². The van der Waals surface area contributed by atoms with Crippen molar-refractivity contribution < 1.29 is 14.3 Å². The number of fused-ring (bicyclic) bond motifs is 1. The smallest absolute Gasteiger partial charge is 0.251 e. The van der Waals surface area contributed by atoms with Gasteiger partial charge in [-0.1, -0.05) is 18.2 Å². The maximum atomic E-state index is 12.2. The van der Waals surface area contributed by atoms with Crippen LogP contribution in [-0.4, -0.2) is 25.0 Å². The standard InChI is InChI=1S/C18H18N2O3/c1-12(21)20-15-8-6-13(7-9-15)18(22)19-10-14-11-23-17-5-3-2-4-16(14)17/h2-9,14H,10-11H2,1H3,(H,19,22)(H,20,21)/t14-/m1/s1. The number of hydrogen-bond donors (Lipinski definition) is 2. The lowest BCUT2D eigenvalue weighted by Gasteiger charge is -2.11. The van der Waals surface area contributed by atoms with Gasteiger partial charge in [0.25, 0.3) is 5.91 Å². The lowest BCUT2D eigenvalue weighted by molar-refractivity contribution is -0.114. The summed E-state index contributed by atoms with van der Waals surface area (Å²) in [5.74, 6) is 0.797. The van der Waals surface area contributed by atoms with Crippen molar-refractivity contribution >= 4 is 17.5 Å². The quantitative estimate of drug-likeness (QED) is 0.912. The Hall–Kier alpha value is -2.82. The molecule has 2 N–H and O–H groups in total. The molecule has 1 aliphatic rings. The highest BCUT2D eigenvalue weighted by Crippen LogP contribution is 2.32. The largest absolute Gasteiger partial charge is 0.493 e. The number of para-hydroxylation sites is 1. The van der Waals surface area contributed by atoms with Crippen LogP contribution in [0.4, 0.5) is 5.69 Å². The van der Waals surface area contributed by atoms with Gasteiger partial charge in [0.05, 0.1) is 6.61 Å². The minimum absolute atomic E-state index is 0.135. The van der Waals surface area contributed by atoms with Crippen molar-refractivity contribution in [2.75, 3.05) is 18.5 Å². The van der Waals surface area contributed by atoms with E-state index in [1.807, 2.05) is 24.3 Å². The van der Waals surface area contributed by atoms with E-state index in [4.69, 9.17) is 4.74 Å². The molecule has 1 aliphatic heterocycles. The van der Waals surface area contributed by atoms with Gasteiger partial charge in [0.1, 0.15) is 5.75 Å². The Bertz CT molecular complexity index is 725. The first-order chi connectivity index (χ1) is 11.1. The predicted octanol–water partition coefficient (Wildman–Crippen LogP) is 2.55. The average Bonchev–Trinajstić information content (AvgIpc) is 2.96. The summed E-state index contributed by atoms with van der Waals surface area (Å²) in [5.41, 5.74) is 2.37. The Balaban J connectivity index is 1.59. The zero-order valence-corrected chi connectivity index (χ0v) is 12.8. The van der Waals surface area contributed by atoms with Crippen LogP contribution >= 0.6 is 0 Å². The normalized spacial score (nSPS) is 15.4. The molecule has 5 heteroatoms. The van der Waals surface area contributed by atoms with E-state index in [1.165, 1.54) is 6.92 Å². The third-order valence-corrected chi connectivity index (χ3v) is 3.78. The predicted molar refractivity (Wildman–Crippen MR) is 87.8 cm³/mol. The van der Waals surface area contributed by atoms with Crippen LogP contribution in [0.5, 0.6) is 5.75 Å². The van der Waals surface area contributed by atoms with Crippen LogP contribution in [0, 0.1) is 0 Å². The molecule has 0 spiro atoms. The first-order valence-corrected chi connectivity index (χ1v) is 7.51. The summed E-state index contributed by atoms with van der Waals surface area (Å²) in [6.07, 6.45) is 0. The molecule has 0 fully saturated rings. The maximum absolute atomic E-state index is 12.2. The van der Waals surface area contributed by atoms with Crippen molar-refractivity contribution in [3.8, 4) is 5.75 Å². The minimum Gasteiger partial charge on any atom is -0.493 e. The van der Waals surface area contributed by atoms with Crippen molar-refractivity contribution in [2.24, 2.45) is 0 Å². The van der Waals surface area contributed by atoms with Crippen molar-refractivity contribution in [1.29, 1.82) is 0 Å². The van der Waals surface area contributed by atoms with E-state index < -0.39 is 0 Å². The van der Waals surface area contributed by atoms with Gasteiger partial charge in [-0.3, -0.25) is 9.59 Å². The molecule has 0 saturated carbocycles. The molecule has 0 aromatic heterocycles. The minimum atomic E-state index is -0.137. The number of anilines is 1. The number of carbonyl (C=O) groups is 2. The highest BCUT2D eigenvalue weighted by molar-refractivity contribution is 5.95. The lowest BCUT2D eigenvalue weighted by atomic mass is 10.0. The molecule has 0 unspecified atom stereocenters. The van der Waals surface area contributed by atoms with Crippen LogP contribution in [0.3, 0.4) is 0 Å². The second-order valence-electron chi connectivity index (χ2n) is 5.51. The molecule has 3 rings (SSSR count). The molecule has 0 aliphatic carbocycles. The molecule has 1 heterocycles. The number of rotatable bonds is 4. The molecule has 0 bridgehead atoms. The Morgan fingerprint density at radius 1 is 1.13 bits per heavy atom. The van der Waals surface area contributed by atoms with E-state index in [-0.39, 0.29) is 17.7 Å². The average molecular weight is 310 g/mol. The fourth-order valence-electron chi connectivity index (χ4n) is 2.62. The Kier molecular flexibility index (Phi) is 4.28. The molecule has 23 heavy (non-hydrogen) atoms. The number of hydrogen-bond acceptors (Lipinski definition) is 3. The third kappa shape index (κ3) is 3.51. The van der Waals surface area contributed by atoms with Gasteiger partial charge < -0.3 is 15.4 Å². The molecular formula is C18H18N2O3. The SMILES string of the molecule is CC(=O)Nc1ccc(C(=O)NC[C@@H]2COc3ccccc32)cc1. The Morgan fingerprint density at radius 3 is 2.61 bits per heavy atom.